The molecule has 2 heterocycles. The predicted octanol–water partition coefficient (Wildman–Crippen LogP) is 2.48. The first-order chi connectivity index (χ1) is 10.8. The molecule has 114 valence electrons. The van der Waals surface area contributed by atoms with E-state index in [-0.39, 0.29) is 19.1 Å². The quantitative estimate of drug-likeness (QED) is 0.945. The lowest BCUT2D eigenvalue weighted by Gasteiger charge is -2.33. The average Bonchev–Trinajstić information content (AvgIpc) is 3.14. The van der Waals surface area contributed by atoms with Gasteiger partial charge in [0.25, 0.3) is 0 Å². The molecule has 22 heavy (non-hydrogen) atoms. The first-order valence-corrected chi connectivity index (χ1v) is 7.56. The van der Waals surface area contributed by atoms with Gasteiger partial charge in [-0.25, -0.2) is 4.90 Å². The van der Waals surface area contributed by atoms with Crippen LogP contribution in [0.15, 0.2) is 60.7 Å². The van der Waals surface area contributed by atoms with Crippen molar-refractivity contribution in [3.8, 4) is 0 Å². The first kappa shape index (κ1) is 13.9. The van der Waals surface area contributed by atoms with Gasteiger partial charge in [0.15, 0.2) is 0 Å². The number of benzene rings is 2. The van der Waals surface area contributed by atoms with Gasteiger partial charge in [-0.3, -0.25) is 0 Å². The van der Waals surface area contributed by atoms with E-state index in [1.807, 2.05) is 36.4 Å². The van der Waals surface area contributed by atoms with E-state index in [4.69, 9.17) is 9.47 Å². The SMILES string of the molecule is OCC12CO[C@@H](c3ccccc3)N1[C@H](c1ccccc1)OC2. The Bertz CT molecular complexity index is 580. The number of nitrogens with zero attached hydrogens (tertiary/aromatic N) is 1. The van der Waals surface area contributed by atoms with Gasteiger partial charge in [-0.15, -0.1) is 0 Å². The Labute approximate surface area is 129 Å². The van der Waals surface area contributed by atoms with Gasteiger partial charge >= 0.3 is 0 Å². The Kier molecular flexibility index (Phi) is 3.47. The Morgan fingerprint density at radius 2 is 1.32 bits per heavy atom. The molecule has 4 heteroatoms. The maximum absolute atomic E-state index is 9.95. The van der Waals surface area contributed by atoms with Crippen molar-refractivity contribution in [2.24, 2.45) is 0 Å². The van der Waals surface area contributed by atoms with E-state index in [1.54, 1.807) is 0 Å². The molecule has 0 spiro atoms. The van der Waals surface area contributed by atoms with E-state index in [9.17, 15) is 5.11 Å². The number of hydrogen-bond donors (Lipinski definition) is 1. The molecule has 0 aromatic heterocycles. The van der Waals surface area contributed by atoms with Gasteiger partial charge in [-0.2, -0.15) is 0 Å². The lowest BCUT2D eigenvalue weighted by atomic mass is 10.0. The summed E-state index contributed by atoms with van der Waals surface area (Å²) >= 11 is 0. The third kappa shape index (κ3) is 2.08. The Morgan fingerprint density at radius 3 is 1.73 bits per heavy atom. The molecule has 1 N–H and O–H groups in total. The molecule has 0 saturated carbocycles. The molecule has 2 fully saturated rings. The fourth-order valence-electron chi connectivity index (χ4n) is 3.36. The van der Waals surface area contributed by atoms with E-state index in [0.29, 0.717) is 13.2 Å². The van der Waals surface area contributed by atoms with Crippen LogP contribution in [0.1, 0.15) is 23.6 Å². The molecule has 2 aliphatic heterocycles. The molecule has 2 saturated heterocycles. The summed E-state index contributed by atoms with van der Waals surface area (Å²) in [6, 6.07) is 20.2. The van der Waals surface area contributed by atoms with Gasteiger partial charge in [-0.1, -0.05) is 60.7 Å². The molecule has 4 nitrogen and oxygen atoms in total. The van der Waals surface area contributed by atoms with Crippen molar-refractivity contribution < 1.29 is 14.6 Å². The number of aliphatic hydroxyl groups excluding tert-OH is 1. The lowest BCUT2D eigenvalue weighted by molar-refractivity contribution is -0.0630. The van der Waals surface area contributed by atoms with Crippen molar-refractivity contribution in [3.05, 3.63) is 71.8 Å². The fourth-order valence-corrected chi connectivity index (χ4v) is 3.36. The first-order valence-electron chi connectivity index (χ1n) is 7.56. The normalized spacial score (nSPS) is 27.0. The second kappa shape index (κ2) is 5.48. The van der Waals surface area contributed by atoms with Crippen LogP contribution in [0.4, 0.5) is 0 Å². The molecular weight excluding hydrogens is 278 g/mol. The highest BCUT2D eigenvalue weighted by Gasteiger charge is 2.56. The number of ether oxygens (including phenoxy) is 2. The van der Waals surface area contributed by atoms with Crippen molar-refractivity contribution in [1.82, 2.24) is 4.90 Å². The van der Waals surface area contributed by atoms with Crippen LogP contribution in [0, 0.1) is 0 Å². The summed E-state index contributed by atoms with van der Waals surface area (Å²) in [6.07, 6.45) is -0.387. The van der Waals surface area contributed by atoms with E-state index >= 15 is 0 Å². The zero-order valence-corrected chi connectivity index (χ0v) is 12.3. The maximum Gasteiger partial charge on any atom is 0.139 e. The molecule has 4 rings (SSSR count). The second-order valence-corrected chi connectivity index (χ2v) is 5.94. The Balaban J connectivity index is 1.74. The standard InChI is InChI=1S/C18H19NO3/c20-11-18-12-21-16(14-7-3-1-4-8-14)19(18)17(22-13-18)15-9-5-2-6-10-15/h1-10,16-17,20H,11-13H2/t16-,17-/m0/s1. The number of aliphatic hydroxyl groups is 1. The number of rotatable bonds is 3. The topological polar surface area (TPSA) is 41.9 Å². The molecule has 0 unspecified atom stereocenters. The van der Waals surface area contributed by atoms with Crippen LogP contribution in [0.5, 0.6) is 0 Å². The largest absolute Gasteiger partial charge is 0.394 e. The van der Waals surface area contributed by atoms with Crippen LogP contribution in [0.3, 0.4) is 0 Å². The molecular formula is C18H19NO3. The molecule has 2 aliphatic rings. The average molecular weight is 297 g/mol. The van der Waals surface area contributed by atoms with Crippen LogP contribution in [-0.4, -0.2) is 35.4 Å². The van der Waals surface area contributed by atoms with E-state index in [0.717, 1.165) is 11.1 Å². The third-order valence-corrected chi connectivity index (χ3v) is 4.54. The van der Waals surface area contributed by atoms with Gasteiger partial charge in [0.1, 0.15) is 12.5 Å². The number of fused-ring (bicyclic) bond motifs is 1. The summed E-state index contributed by atoms with van der Waals surface area (Å²) in [5.74, 6) is 0. The van der Waals surface area contributed by atoms with E-state index in [1.165, 1.54) is 0 Å². The summed E-state index contributed by atoms with van der Waals surface area (Å²) in [7, 11) is 0. The third-order valence-electron chi connectivity index (χ3n) is 4.54. The monoisotopic (exact) mass is 297 g/mol. The van der Waals surface area contributed by atoms with E-state index in [2.05, 4.69) is 29.2 Å². The van der Waals surface area contributed by atoms with Crippen molar-refractivity contribution in [1.29, 1.82) is 0 Å². The minimum absolute atomic E-state index is 0.0274. The fraction of sp³-hybridized carbons (Fsp3) is 0.333. The summed E-state index contributed by atoms with van der Waals surface area (Å²) in [5.41, 5.74) is 1.72. The van der Waals surface area contributed by atoms with Crippen LogP contribution < -0.4 is 0 Å². The van der Waals surface area contributed by atoms with Gasteiger partial charge in [0.05, 0.1) is 25.4 Å². The summed E-state index contributed by atoms with van der Waals surface area (Å²) in [6.45, 7) is 0.985. The van der Waals surface area contributed by atoms with Crippen molar-refractivity contribution in [2.45, 2.75) is 18.0 Å². The lowest BCUT2D eigenvalue weighted by Crippen LogP contribution is -2.47. The highest BCUT2D eigenvalue weighted by atomic mass is 16.6. The molecule has 0 amide bonds. The van der Waals surface area contributed by atoms with Crippen molar-refractivity contribution >= 4 is 0 Å². The van der Waals surface area contributed by atoms with E-state index < -0.39 is 5.54 Å². The van der Waals surface area contributed by atoms with Gasteiger partial charge in [0, 0.05) is 0 Å². The maximum atomic E-state index is 9.95. The van der Waals surface area contributed by atoms with Crippen LogP contribution in [-0.2, 0) is 9.47 Å². The smallest absolute Gasteiger partial charge is 0.139 e. The van der Waals surface area contributed by atoms with Gasteiger partial charge in [0.2, 0.25) is 0 Å². The van der Waals surface area contributed by atoms with Gasteiger partial charge in [-0.05, 0) is 11.1 Å². The zero-order chi connectivity index (χ0) is 15.0. The van der Waals surface area contributed by atoms with Crippen molar-refractivity contribution in [3.63, 3.8) is 0 Å². The molecule has 0 bridgehead atoms. The Hall–Kier alpha value is -1.72. The van der Waals surface area contributed by atoms with Crippen LogP contribution >= 0.6 is 0 Å². The summed E-state index contributed by atoms with van der Waals surface area (Å²) in [5, 5.41) is 9.95. The van der Waals surface area contributed by atoms with Crippen LogP contribution in [0.25, 0.3) is 0 Å². The second-order valence-electron chi connectivity index (χ2n) is 5.94. The van der Waals surface area contributed by atoms with Gasteiger partial charge < -0.3 is 14.6 Å². The molecule has 2 aromatic carbocycles. The zero-order valence-electron chi connectivity index (χ0n) is 12.3. The predicted molar refractivity (Wildman–Crippen MR) is 81.9 cm³/mol. The molecule has 0 aliphatic carbocycles. The molecule has 0 radical (unpaired) electrons. The molecule has 2 atom stereocenters. The summed E-state index contributed by atoms with van der Waals surface area (Å²) < 4.78 is 12.1. The van der Waals surface area contributed by atoms with Crippen molar-refractivity contribution in [2.75, 3.05) is 19.8 Å². The summed E-state index contributed by atoms with van der Waals surface area (Å²) in [4.78, 5) is 2.18. The van der Waals surface area contributed by atoms with Crippen LogP contribution in [0.2, 0.25) is 0 Å². The number of hydrogen-bond acceptors (Lipinski definition) is 4. The molecule has 2 aromatic rings. The Morgan fingerprint density at radius 1 is 0.864 bits per heavy atom. The highest BCUT2D eigenvalue weighted by Crippen LogP contribution is 2.48. The minimum Gasteiger partial charge on any atom is -0.394 e. The minimum atomic E-state index is -0.457. The highest BCUT2D eigenvalue weighted by molar-refractivity contribution is 5.25.